The van der Waals surface area contributed by atoms with Gasteiger partial charge >= 0.3 is 0 Å². The lowest BCUT2D eigenvalue weighted by molar-refractivity contribution is -0.0399. The molecule has 1 spiro atoms. The third-order valence-corrected chi connectivity index (χ3v) is 15.7. The molecule has 0 aliphatic heterocycles. The first kappa shape index (κ1) is 29.8. The van der Waals surface area contributed by atoms with Gasteiger partial charge in [0.1, 0.15) is 0 Å². The van der Waals surface area contributed by atoms with Crippen molar-refractivity contribution in [3.05, 3.63) is 125 Å². The predicted octanol–water partition coefficient (Wildman–Crippen LogP) is 13.6. The zero-order valence-corrected chi connectivity index (χ0v) is 30.7. The Morgan fingerprint density at radius 3 is 1.98 bits per heavy atom. The van der Waals surface area contributed by atoms with Gasteiger partial charge in [0.2, 0.25) is 0 Å². The minimum Gasteiger partial charge on any atom is -0.310 e. The summed E-state index contributed by atoms with van der Waals surface area (Å²) in [6.07, 6.45) is 9.56. The molecular formula is C48H47NS. The number of rotatable bonds is 3. The van der Waals surface area contributed by atoms with Gasteiger partial charge in [0.25, 0.3) is 0 Å². The highest BCUT2D eigenvalue weighted by Gasteiger charge is 2.61. The van der Waals surface area contributed by atoms with Crippen LogP contribution in [0.3, 0.4) is 0 Å². The van der Waals surface area contributed by atoms with Crippen molar-refractivity contribution in [3.63, 3.8) is 0 Å². The van der Waals surface area contributed by atoms with E-state index in [1.165, 1.54) is 104 Å². The largest absolute Gasteiger partial charge is 0.310 e. The minimum atomic E-state index is 0.135. The molecule has 4 fully saturated rings. The second kappa shape index (κ2) is 10.1. The van der Waals surface area contributed by atoms with E-state index in [4.69, 9.17) is 0 Å². The van der Waals surface area contributed by atoms with Crippen LogP contribution in [-0.2, 0) is 16.2 Å². The average Bonchev–Trinajstić information content (AvgIpc) is 3.63. The normalized spacial score (nSPS) is 27.8. The molecule has 0 radical (unpaired) electrons. The van der Waals surface area contributed by atoms with Crippen molar-refractivity contribution >= 4 is 48.6 Å². The number of thiophene rings is 1. The van der Waals surface area contributed by atoms with Crippen LogP contribution >= 0.6 is 11.3 Å². The fraction of sp³-hybridized carbons (Fsp3) is 0.375. The van der Waals surface area contributed by atoms with Gasteiger partial charge in [0, 0.05) is 42.5 Å². The first-order valence-electron chi connectivity index (χ1n) is 19.3. The molecule has 1 aromatic heterocycles. The van der Waals surface area contributed by atoms with Crippen molar-refractivity contribution in [2.24, 2.45) is 23.7 Å². The minimum absolute atomic E-state index is 0.135. The molecule has 6 aliphatic rings. The van der Waals surface area contributed by atoms with Gasteiger partial charge in [-0.3, -0.25) is 0 Å². The molecule has 4 saturated carbocycles. The molecule has 0 N–H and O–H groups in total. The lowest BCUT2D eigenvalue weighted by atomic mass is 9.43. The molecule has 2 heteroatoms. The van der Waals surface area contributed by atoms with Crippen LogP contribution in [0.15, 0.2) is 103 Å². The van der Waals surface area contributed by atoms with Gasteiger partial charge in [-0.15, -0.1) is 11.3 Å². The number of anilines is 3. The van der Waals surface area contributed by atoms with Crippen molar-refractivity contribution in [2.45, 2.75) is 88.9 Å². The summed E-state index contributed by atoms with van der Waals surface area (Å²) in [7, 11) is 0. The Labute approximate surface area is 301 Å². The van der Waals surface area contributed by atoms with Crippen molar-refractivity contribution in [1.29, 1.82) is 0 Å². The Balaban J connectivity index is 1.19. The van der Waals surface area contributed by atoms with Crippen LogP contribution in [0.25, 0.3) is 31.3 Å². The molecular weight excluding hydrogens is 623 g/mol. The molecule has 0 amide bonds. The van der Waals surface area contributed by atoms with Crippen molar-refractivity contribution in [1.82, 2.24) is 0 Å². The van der Waals surface area contributed by atoms with Gasteiger partial charge in [-0.05, 0) is 150 Å². The quantitative estimate of drug-likeness (QED) is 0.181. The van der Waals surface area contributed by atoms with E-state index < -0.39 is 0 Å². The van der Waals surface area contributed by atoms with E-state index in [1.807, 2.05) is 11.3 Å². The Morgan fingerprint density at radius 2 is 1.18 bits per heavy atom. The van der Waals surface area contributed by atoms with E-state index in [1.54, 1.807) is 11.1 Å². The summed E-state index contributed by atoms with van der Waals surface area (Å²) in [4.78, 5) is 2.65. The zero-order chi connectivity index (χ0) is 33.6. The molecule has 0 atom stereocenters. The lowest BCUT2D eigenvalue weighted by Crippen LogP contribution is -2.55. The highest BCUT2D eigenvalue weighted by atomic mass is 32.1. The molecule has 1 nitrogen and oxygen atoms in total. The Morgan fingerprint density at radius 1 is 0.540 bits per heavy atom. The number of benzene rings is 5. The second-order valence-corrected chi connectivity index (χ2v) is 19.1. The van der Waals surface area contributed by atoms with E-state index in [-0.39, 0.29) is 16.2 Å². The zero-order valence-electron chi connectivity index (χ0n) is 29.9. The summed E-state index contributed by atoms with van der Waals surface area (Å²) in [5, 5.41) is 2.72. The molecule has 5 aromatic carbocycles. The highest BCUT2D eigenvalue weighted by molar-refractivity contribution is 7.25. The molecule has 50 heavy (non-hydrogen) atoms. The van der Waals surface area contributed by atoms with E-state index in [2.05, 4.69) is 136 Å². The smallest absolute Gasteiger partial charge is 0.0543 e. The summed E-state index contributed by atoms with van der Waals surface area (Å²) in [6, 6.07) is 40.7. The standard InChI is InChI=1S/C48H47NS/c1-46(2)20-21-47(3,4)41-28-34(16-18-39(41)46)49(33-17-19-44-37(27-33)35-10-6-8-15-43(35)50-44)42-14-9-13-40-45(42)36-11-5-7-12-38(36)48(40)31-23-29-22-30(25-31)26-32(48)24-29/h5-19,27-32H,20-26H2,1-4H3. The van der Waals surface area contributed by atoms with E-state index in [0.29, 0.717) is 0 Å². The summed E-state index contributed by atoms with van der Waals surface area (Å²) in [6.45, 7) is 9.82. The number of hydrogen-bond donors (Lipinski definition) is 0. The monoisotopic (exact) mass is 669 g/mol. The maximum Gasteiger partial charge on any atom is 0.0543 e. The van der Waals surface area contributed by atoms with Gasteiger partial charge in [-0.1, -0.05) is 88.4 Å². The molecule has 0 saturated heterocycles. The SMILES string of the molecule is CC1(C)CCC(C)(C)c2cc(N(c3ccc4sc5ccccc5c4c3)c3cccc4c3-c3ccccc3C43C4CC5CC(C4)CC3C5)ccc21. The third kappa shape index (κ3) is 3.90. The first-order chi connectivity index (χ1) is 24.2. The third-order valence-electron chi connectivity index (χ3n) is 14.5. The van der Waals surface area contributed by atoms with Crippen molar-refractivity contribution < 1.29 is 0 Å². The second-order valence-electron chi connectivity index (χ2n) is 18.0. The first-order valence-corrected chi connectivity index (χ1v) is 20.1. The van der Waals surface area contributed by atoms with Gasteiger partial charge in [-0.2, -0.15) is 0 Å². The summed E-state index contributed by atoms with van der Waals surface area (Å²) in [5.74, 6) is 3.39. The van der Waals surface area contributed by atoms with Crippen LogP contribution in [0, 0.1) is 23.7 Å². The van der Waals surface area contributed by atoms with Crippen molar-refractivity contribution in [2.75, 3.05) is 4.90 Å². The Kier molecular flexibility index (Phi) is 6.04. The van der Waals surface area contributed by atoms with Gasteiger partial charge in [0.15, 0.2) is 0 Å². The van der Waals surface area contributed by atoms with Crippen LogP contribution in [0.2, 0.25) is 0 Å². The Hall–Kier alpha value is -3.88. The summed E-state index contributed by atoms with van der Waals surface area (Å²) >= 11 is 1.91. The van der Waals surface area contributed by atoms with Gasteiger partial charge < -0.3 is 4.90 Å². The lowest BCUT2D eigenvalue weighted by Gasteiger charge is -2.61. The maximum atomic E-state index is 2.65. The molecule has 1 heterocycles. The van der Waals surface area contributed by atoms with E-state index in [0.717, 1.165) is 23.7 Å². The molecule has 12 rings (SSSR count). The molecule has 0 unspecified atom stereocenters. The molecule has 4 bridgehead atoms. The highest BCUT2D eigenvalue weighted by Crippen LogP contribution is 2.70. The number of fused-ring (bicyclic) bond motifs is 7. The molecule has 250 valence electrons. The van der Waals surface area contributed by atoms with Crippen LogP contribution in [0.5, 0.6) is 0 Å². The summed E-state index contributed by atoms with van der Waals surface area (Å²) in [5.41, 5.74) is 13.6. The van der Waals surface area contributed by atoms with E-state index >= 15 is 0 Å². The van der Waals surface area contributed by atoms with Gasteiger partial charge in [-0.25, -0.2) is 0 Å². The van der Waals surface area contributed by atoms with Crippen LogP contribution in [0.1, 0.15) is 94.9 Å². The predicted molar refractivity (Wildman–Crippen MR) is 213 cm³/mol. The summed E-state index contributed by atoms with van der Waals surface area (Å²) < 4.78 is 2.72. The average molecular weight is 670 g/mol. The van der Waals surface area contributed by atoms with Gasteiger partial charge in [0.05, 0.1) is 5.69 Å². The molecule has 6 aromatic rings. The maximum absolute atomic E-state index is 2.65. The van der Waals surface area contributed by atoms with Crippen molar-refractivity contribution in [3.8, 4) is 11.1 Å². The number of hydrogen-bond acceptors (Lipinski definition) is 2. The van der Waals surface area contributed by atoms with Crippen LogP contribution < -0.4 is 4.90 Å². The fourth-order valence-electron chi connectivity index (χ4n) is 12.4. The molecule has 6 aliphatic carbocycles. The Bertz CT molecular complexity index is 2340. The fourth-order valence-corrected chi connectivity index (χ4v) is 13.5. The topological polar surface area (TPSA) is 3.24 Å². The van der Waals surface area contributed by atoms with Crippen LogP contribution in [-0.4, -0.2) is 0 Å². The number of nitrogens with zero attached hydrogens (tertiary/aromatic N) is 1. The van der Waals surface area contributed by atoms with Crippen LogP contribution in [0.4, 0.5) is 17.1 Å². The van der Waals surface area contributed by atoms with E-state index in [9.17, 15) is 0 Å².